The summed E-state index contributed by atoms with van der Waals surface area (Å²) in [6.45, 7) is 12.8. The van der Waals surface area contributed by atoms with Crippen LogP contribution in [0.4, 0.5) is 0 Å². The van der Waals surface area contributed by atoms with Gasteiger partial charge in [0, 0.05) is 0 Å². The van der Waals surface area contributed by atoms with Gasteiger partial charge in [0.05, 0.1) is 66.1 Å². The van der Waals surface area contributed by atoms with Crippen LogP contribution in [0.2, 0.25) is 0 Å². The van der Waals surface area contributed by atoms with E-state index in [0.29, 0.717) is 66.1 Å². The molecule has 19 heavy (non-hydrogen) atoms. The zero-order valence-electron chi connectivity index (χ0n) is 11.7. The minimum Gasteiger partial charge on any atom is -0.377 e. The first-order valence-corrected chi connectivity index (χ1v) is 6.52. The Labute approximate surface area is 116 Å². The first kappa shape index (κ1) is 18.3. The van der Waals surface area contributed by atoms with E-state index in [1.807, 2.05) is 0 Å². The Morgan fingerprint density at radius 2 is 0.737 bits per heavy atom. The Morgan fingerprint density at radius 1 is 0.474 bits per heavy atom. The third-order valence-corrected chi connectivity index (χ3v) is 1.96. The smallest absolute Gasteiger partial charge is 0.0704 e. The molecule has 0 heterocycles. The summed E-state index contributed by atoms with van der Waals surface area (Å²) in [6.07, 6.45) is 3.43. The first-order valence-electron chi connectivity index (χ1n) is 6.52. The minimum atomic E-state index is 0.563. The van der Waals surface area contributed by atoms with E-state index in [4.69, 9.17) is 23.7 Å². The normalized spacial score (nSPS) is 10.5. The van der Waals surface area contributed by atoms with Gasteiger partial charge in [-0.25, -0.2) is 0 Å². The van der Waals surface area contributed by atoms with Gasteiger partial charge in [-0.15, -0.1) is 13.2 Å². The molecule has 0 aromatic carbocycles. The number of hydrogen-bond acceptors (Lipinski definition) is 5. The van der Waals surface area contributed by atoms with Crippen molar-refractivity contribution in [2.24, 2.45) is 0 Å². The van der Waals surface area contributed by atoms with Crippen LogP contribution in [0.5, 0.6) is 0 Å². The van der Waals surface area contributed by atoms with E-state index in [2.05, 4.69) is 13.2 Å². The number of hydrogen-bond donors (Lipinski definition) is 0. The topological polar surface area (TPSA) is 46.2 Å². The average Bonchev–Trinajstić information content (AvgIpc) is 2.43. The van der Waals surface area contributed by atoms with Gasteiger partial charge in [0.2, 0.25) is 0 Å². The highest BCUT2D eigenvalue weighted by Crippen LogP contribution is 1.83. The predicted octanol–water partition coefficient (Wildman–Crippen LogP) is 1.44. The molecular formula is C14H26O5. The molecule has 5 nitrogen and oxygen atoms in total. The lowest BCUT2D eigenvalue weighted by Crippen LogP contribution is -2.13. The Morgan fingerprint density at radius 3 is 1.00 bits per heavy atom. The molecule has 0 amide bonds. The van der Waals surface area contributed by atoms with Gasteiger partial charge in [0.1, 0.15) is 0 Å². The summed E-state index contributed by atoms with van der Waals surface area (Å²) in [4.78, 5) is 0. The van der Waals surface area contributed by atoms with E-state index >= 15 is 0 Å². The molecule has 0 unspecified atom stereocenters. The van der Waals surface area contributed by atoms with E-state index in [0.717, 1.165) is 0 Å². The number of ether oxygens (including phenoxy) is 5. The Kier molecular flexibility index (Phi) is 16.6. The quantitative estimate of drug-likeness (QED) is 0.315. The summed E-state index contributed by atoms with van der Waals surface area (Å²) in [6, 6.07) is 0. The van der Waals surface area contributed by atoms with Crippen molar-refractivity contribution in [3.63, 3.8) is 0 Å². The van der Waals surface area contributed by atoms with Crippen molar-refractivity contribution in [2.45, 2.75) is 0 Å². The van der Waals surface area contributed by atoms with Gasteiger partial charge in [-0.3, -0.25) is 0 Å². The highest BCUT2D eigenvalue weighted by molar-refractivity contribution is 4.63. The first-order chi connectivity index (χ1) is 9.41. The second-order valence-corrected chi connectivity index (χ2v) is 3.56. The van der Waals surface area contributed by atoms with Crippen LogP contribution in [-0.4, -0.2) is 66.1 Å². The van der Waals surface area contributed by atoms with E-state index in [-0.39, 0.29) is 0 Å². The summed E-state index contributed by atoms with van der Waals surface area (Å²) < 4.78 is 26.2. The lowest BCUT2D eigenvalue weighted by molar-refractivity contribution is -0.00756. The van der Waals surface area contributed by atoms with Gasteiger partial charge in [0.15, 0.2) is 0 Å². The van der Waals surface area contributed by atoms with E-state index in [1.165, 1.54) is 0 Å². The van der Waals surface area contributed by atoms with Gasteiger partial charge in [-0.1, -0.05) is 12.2 Å². The van der Waals surface area contributed by atoms with E-state index in [1.54, 1.807) is 12.2 Å². The fourth-order valence-electron chi connectivity index (χ4n) is 1.11. The van der Waals surface area contributed by atoms with Crippen molar-refractivity contribution in [2.75, 3.05) is 66.1 Å². The van der Waals surface area contributed by atoms with Crippen molar-refractivity contribution in [1.82, 2.24) is 0 Å². The molecule has 0 atom stereocenters. The third kappa shape index (κ3) is 17.3. The third-order valence-electron chi connectivity index (χ3n) is 1.96. The monoisotopic (exact) mass is 274 g/mol. The summed E-state index contributed by atoms with van der Waals surface area (Å²) in [5.74, 6) is 0. The molecule has 0 fully saturated rings. The molecule has 0 aromatic heterocycles. The SMILES string of the molecule is C=CCOCCOCCOCCOCCOCC=C. The minimum absolute atomic E-state index is 0.563. The molecule has 0 rings (SSSR count). The van der Waals surface area contributed by atoms with Crippen molar-refractivity contribution in [1.29, 1.82) is 0 Å². The molecule has 5 heteroatoms. The lowest BCUT2D eigenvalue weighted by Gasteiger charge is -2.07. The maximum Gasteiger partial charge on any atom is 0.0704 e. The molecule has 0 saturated carbocycles. The Bertz CT molecular complexity index is 176. The molecule has 0 aliphatic heterocycles. The van der Waals surface area contributed by atoms with E-state index < -0.39 is 0 Å². The molecule has 0 aliphatic rings. The molecule has 0 radical (unpaired) electrons. The van der Waals surface area contributed by atoms with Gasteiger partial charge >= 0.3 is 0 Å². The fourth-order valence-corrected chi connectivity index (χ4v) is 1.11. The molecule has 0 aliphatic carbocycles. The van der Waals surface area contributed by atoms with Crippen LogP contribution in [0.25, 0.3) is 0 Å². The largest absolute Gasteiger partial charge is 0.377 e. The highest BCUT2D eigenvalue weighted by atomic mass is 16.6. The average molecular weight is 274 g/mol. The highest BCUT2D eigenvalue weighted by Gasteiger charge is 1.92. The van der Waals surface area contributed by atoms with Gasteiger partial charge < -0.3 is 23.7 Å². The summed E-state index contributed by atoms with van der Waals surface area (Å²) in [5, 5.41) is 0. The second-order valence-electron chi connectivity index (χ2n) is 3.56. The molecule has 0 saturated heterocycles. The zero-order valence-corrected chi connectivity index (χ0v) is 11.7. The lowest BCUT2D eigenvalue weighted by atomic mass is 10.6. The van der Waals surface area contributed by atoms with Crippen LogP contribution in [0.3, 0.4) is 0 Å². The van der Waals surface area contributed by atoms with Crippen LogP contribution in [0.1, 0.15) is 0 Å². The predicted molar refractivity (Wildman–Crippen MR) is 74.5 cm³/mol. The summed E-state index contributed by atoms with van der Waals surface area (Å²) in [5.41, 5.74) is 0. The van der Waals surface area contributed by atoms with Crippen molar-refractivity contribution in [3.8, 4) is 0 Å². The van der Waals surface area contributed by atoms with E-state index in [9.17, 15) is 0 Å². The van der Waals surface area contributed by atoms with Crippen LogP contribution in [0, 0.1) is 0 Å². The maximum absolute atomic E-state index is 5.33. The molecule has 0 bridgehead atoms. The van der Waals surface area contributed by atoms with Gasteiger partial charge in [-0.2, -0.15) is 0 Å². The molecular weight excluding hydrogens is 248 g/mol. The van der Waals surface area contributed by atoms with Crippen LogP contribution in [-0.2, 0) is 23.7 Å². The molecule has 0 N–H and O–H groups in total. The van der Waals surface area contributed by atoms with Gasteiger partial charge in [-0.05, 0) is 0 Å². The Hall–Kier alpha value is -0.720. The standard InChI is InChI=1S/C14H26O5/c1-3-5-15-7-9-17-11-13-19-14-12-18-10-8-16-6-4-2/h3-4H,1-2,5-14H2. The summed E-state index contributed by atoms with van der Waals surface area (Å²) >= 11 is 0. The van der Waals surface area contributed by atoms with Crippen LogP contribution >= 0.6 is 0 Å². The van der Waals surface area contributed by atoms with Gasteiger partial charge in [0.25, 0.3) is 0 Å². The fraction of sp³-hybridized carbons (Fsp3) is 0.714. The zero-order chi connectivity index (χ0) is 14.0. The van der Waals surface area contributed by atoms with Crippen molar-refractivity contribution >= 4 is 0 Å². The molecule has 0 spiro atoms. The van der Waals surface area contributed by atoms with Crippen LogP contribution in [0.15, 0.2) is 25.3 Å². The molecule has 112 valence electrons. The summed E-state index contributed by atoms with van der Waals surface area (Å²) in [7, 11) is 0. The van der Waals surface area contributed by atoms with Crippen LogP contribution < -0.4 is 0 Å². The molecule has 0 aromatic rings. The Balaban J connectivity index is 2.91. The van der Waals surface area contributed by atoms with Crippen molar-refractivity contribution < 1.29 is 23.7 Å². The maximum atomic E-state index is 5.33. The van der Waals surface area contributed by atoms with Crippen molar-refractivity contribution in [3.05, 3.63) is 25.3 Å². The second kappa shape index (κ2) is 17.3. The number of rotatable bonds is 16.